The quantitative estimate of drug-likeness (QED) is 0.448. The minimum absolute atomic E-state index is 0.257. The molecular weight excluding hydrogens is 374 g/mol. The van der Waals surface area contributed by atoms with Crippen LogP contribution >= 0.6 is 22.6 Å². The van der Waals surface area contributed by atoms with Crippen molar-refractivity contribution in [3.63, 3.8) is 0 Å². The van der Waals surface area contributed by atoms with E-state index in [0.29, 0.717) is 6.07 Å². The van der Waals surface area contributed by atoms with Gasteiger partial charge in [0.2, 0.25) is 0 Å². The molecule has 18 heavy (non-hydrogen) atoms. The van der Waals surface area contributed by atoms with Gasteiger partial charge < -0.3 is 4.74 Å². The van der Waals surface area contributed by atoms with Gasteiger partial charge >= 0.3 is 12.8 Å². The van der Waals surface area contributed by atoms with Crippen LogP contribution in [0.4, 0.5) is 22.0 Å². The first-order chi connectivity index (χ1) is 8.12. The summed E-state index contributed by atoms with van der Waals surface area (Å²) in [5, 5.41) is 0. The number of hydrogen-bond acceptors (Lipinski definition) is 2. The zero-order valence-electron chi connectivity index (χ0n) is 8.82. The Labute approximate surface area is 112 Å². The Kier molecular flexibility index (Phi) is 4.51. The fraction of sp³-hybridized carbons (Fsp3) is 0.300. The Morgan fingerprint density at radius 2 is 1.89 bits per heavy atom. The summed E-state index contributed by atoms with van der Waals surface area (Å²) < 4.78 is 65.5. The molecule has 1 aromatic rings. The lowest BCUT2D eigenvalue weighted by Crippen LogP contribution is -2.12. The Balaban J connectivity index is 3.40. The van der Waals surface area contributed by atoms with Gasteiger partial charge in [0.25, 0.3) is 0 Å². The third kappa shape index (κ3) is 3.53. The largest absolute Gasteiger partial charge is 0.434 e. The fourth-order valence-corrected chi connectivity index (χ4v) is 2.01. The number of hydrogen-bond donors (Lipinski definition) is 0. The molecule has 0 atom stereocenters. The number of benzene rings is 1. The van der Waals surface area contributed by atoms with Crippen LogP contribution < -0.4 is 4.74 Å². The van der Waals surface area contributed by atoms with E-state index >= 15 is 0 Å². The van der Waals surface area contributed by atoms with Crippen molar-refractivity contribution in [3.8, 4) is 5.75 Å². The normalized spacial score (nSPS) is 11.8. The van der Waals surface area contributed by atoms with Crippen LogP contribution in [0, 0.1) is 3.57 Å². The van der Waals surface area contributed by atoms with Gasteiger partial charge in [-0.15, -0.1) is 0 Å². The average molecular weight is 380 g/mol. The molecule has 0 saturated heterocycles. The lowest BCUT2D eigenvalue weighted by molar-refractivity contribution is -0.138. The highest BCUT2D eigenvalue weighted by Gasteiger charge is 2.34. The maximum Gasteiger partial charge on any atom is 0.417 e. The molecule has 0 spiro atoms. The van der Waals surface area contributed by atoms with Gasteiger partial charge in [-0.3, -0.25) is 4.79 Å². The van der Waals surface area contributed by atoms with Gasteiger partial charge in [0.05, 0.1) is 11.1 Å². The van der Waals surface area contributed by atoms with Crippen LogP contribution in [-0.2, 0) is 6.18 Å². The third-order valence-corrected chi connectivity index (χ3v) is 2.86. The summed E-state index contributed by atoms with van der Waals surface area (Å²) in [5.41, 5.74) is -1.43. The van der Waals surface area contributed by atoms with Crippen LogP contribution in [0.3, 0.4) is 0 Å². The first-order valence-electron chi connectivity index (χ1n) is 4.49. The Bertz CT molecular complexity index is 470. The van der Waals surface area contributed by atoms with Crippen LogP contribution in [0.25, 0.3) is 0 Å². The number of Topliss-reactive ketones (excluding diaryl/α,β-unsaturated/α-hetero) is 1. The SMILES string of the molecule is CC(=O)c1cc(I)c(C(F)(F)F)cc1OC(F)F. The second-order valence-corrected chi connectivity index (χ2v) is 4.42. The van der Waals surface area contributed by atoms with Gasteiger partial charge in [-0.05, 0) is 41.6 Å². The van der Waals surface area contributed by atoms with Gasteiger partial charge in [-0.1, -0.05) is 0 Å². The van der Waals surface area contributed by atoms with E-state index in [1.165, 1.54) is 22.6 Å². The van der Waals surface area contributed by atoms with Crippen molar-refractivity contribution in [2.45, 2.75) is 19.7 Å². The minimum atomic E-state index is -4.70. The van der Waals surface area contributed by atoms with Crippen LogP contribution in [0.1, 0.15) is 22.8 Å². The Morgan fingerprint density at radius 3 is 2.28 bits per heavy atom. The lowest BCUT2D eigenvalue weighted by Gasteiger charge is -2.14. The fourth-order valence-electron chi connectivity index (χ4n) is 1.24. The molecule has 0 amide bonds. The predicted molar refractivity (Wildman–Crippen MR) is 60.8 cm³/mol. The van der Waals surface area contributed by atoms with E-state index in [1.807, 2.05) is 0 Å². The van der Waals surface area contributed by atoms with E-state index < -0.39 is 29.9 Å². The van der Waals surface area contributed by atoms with Crippen LogP contribution in [0.5, 0.6) is 5.75 Å². The number of ketones is 1. The molecule has 1 rings (SSSR count). The standard InChI is InChI=1S/C10H6F5IO2/c1-4(17)5-2-7(16)6(10(13,14)15)3-8(5)18-9(11)12/h2-3,9H,1H3. The maximum atomic E-state index is 12.6. The topological polar surface area (TPSA) is 26.3 Å². The van der Waals surface area contributed by atoms with Crippen molar-refractivity contribution in [1.82, 2.24) is 0 Å². The lowest BCUT2D eigenvalue weighted by atomic mass is 10.1. The summed E-state index contributed by atoms with van der Waals surface area (Å²) in [6.07, 6.45) is -4.70. The van der Waals surface area contributed by atoms with Gasteiger partial charge in [0, 0.05) is 3.57 Å². The molecule has 0 unspecified atom stereocenters. The van der Waals surface area contributed by atoms with Gasteiger partial charge in [-0.25, -0.2) is 0 Å². The van der Waals surface area contributed by atoms with Crippen molar-refractivity contribution in [3.05, 3.63) is 26.8 Å². The van der Waals surface area contributed by atoms with Gasteiger partial charge in [0.15, 0.2) is 5.78 Å². The second kappa shape index (κ2) is 5.37. The molecule has 0 aliphatic carbocycles. The predicted octanol–water partition coefficient (Wildman–Crippen LogP) is 4.11. The molecule has 0 aromatic heterocycles. The summed E-state index contributed by atoms with van der Waals surface area (Å²) in [6, 6.07) is 1.29. The highest BCUT2D eigenvalue weighted by Crippen LogP contribution is 2.37. The van der Waals surface area contributed by atoms with E-state index in [4.69, 9.17) is 0 Å². The highest BCUT2D eigenvalue weighted by molar-refractivity contribution is 14.1. The summed E-state index contributed by atoms with van der Waals surface area (Å²) in [6.45, 7) is -2.25. The summed E-state index contributed by atoms with van der Waals surface area (Å²) in [7, 11) is 0. The molecule has 0 bridgehead atoms. The van der Waals surface area contributed by atoms with E-state index in [-0.39, 0.29) is 9.13 Å². The number of carbonyl (C=O) groups excluding carboxylic acids is 1. The average Bonchev–Trinajstić information content (AvgIpc) is 2.17. The zero-order valence-corrected chi connectivity index (χ0v) is 11.0. The molecular formula is C10H6F5IO2. The number of alkyl halides is 5. The van der Waals surface area contributed by atoms with Crippen molar-refractivity contribution in [2.75, 3.05) is 0 Å². The molecule has 8 heteroatoms. The van der Waals surface area contributed by atoms with E-state index in [0.717, 1.165) is 13.0 Å². The monoisotopic (exact) mass is 380 g/mol. The van der Waals surface area contributed by atoms with E-state index in [9.17, 15) is 26.7 Å². The second-order valence-electron chi connectivity index (χ2n) is 3.26. The van der Waals surface area contributed by atoms with E-state index in [2.05, 4.69) is 4.74 Å². The van der Waals surface area contributed by atoms with Crippen LogP contribution in [0.15, 0.2) is 12.1 Å². The zero-order chi connectivity index (χ0) is 14.1. The molecule has 0 saturated carbocycles. The molecule has 0 fully saturated rings. The smallest absolute Gasteiger partial charge is 0.417 e. The van der Waals surface area contributed by atoms with Gasteiger partial charge in [-0.2, -0.15) is 22.0 Å². The number of halogens is 6. The summed E-state index contributed by atoms with van der Waals surface area (Å²) >= 11 is 1.38. The summed E-state index contributed by atoms with van der Waals surface area (Å²) in [5.74, 6) is -1.43. The van der Waals surface area contributed by atoms with Crippen molar-refractivity contribution in [2.24, 2.45) is 0 Å². The third-order valence-electron chi connectivity index (χ3n) is 1.97. The molecule has 1 aromatic carbocycles. The summed E-state index contributed by atoms with van der Waals surface area (Å²) in [4.78, 5) is 11.2. The van der Waals surface area contributed by atoms with Gasteiger partial charge in [0.1, 0.15) is 5.75 Å². The first-order valence-corrected chi connectivity index (χ1v) is 5.57. The number of ether oxygens (including phenoxy) is 1. The van der Waals surface area contributed by atoms with E-state index in [1.54, 1.807) is 0 Å². The molecule has 100 valence electrons. The van der Waals surface area contributed by atoms with Crippen LogP contribution in [-0.4, -0.2) is 12.4 Å². The molecule has 0 aliphatic rings. The molecule has 2 nitrogen and oxygen atoms in total. The molecule has 0 aliphatic heterocycles. The first kappa shape index (κ1) is 15.1. The highest BCUT2D eigenvalue weighted by atomic mass is 127. The molecule has 0 radical (unpaired) electrons. The molecule has 0 N–H and O–H groups in total. The number of carbonyl (C=O) groups is 1. The Morgan fingerprint density at radius 1 is 1.33 bits per heavy atom. The van der Waals surface area contributed by atoms with Crippen molar-refractivity contribution < 1.29 is 31.5 Å². The maximum absolute atomic E-state index is 12.6. The molecule has 0 heterocycles. The Hall–Kier alpha value is -0.930. The van der Waals surface area contributed by atoms with Crippen LogP contribution in [0.2, 0.25) is 0 Å². The minimum Gasteiger partial charge on any atom is -0.434 e. The number of rotatable bonds is 3. The van der Waals surface area contributed by atoms with Crippen molar-refractivity contribution >= 4 is 28.4 Å². The van der Waals surface area contributed by atoms with Crippen molar-refractivity contribution in [1.29, 1.82) is 0 Å².